The Hall–Kier alpha value is -2.47. The van der Waals surface area contributed by atoms with Crippen molar-refractivity contribution in [2.75, 3.05) is 12.8 Å². The fourth-order valence-corrected chi connectivity index (χ4v) is 2.78. The number of nitrogens with zero attached hydrogens (tertiary/aromatic N) is 2. The first-order valence-electron chi connectivity index (χ1n) is 7.71. The molecule has 0 spiro atoms. The number of hydrogen-bond acceptors (Lipinski definition) is 4. The van der Waals surface area contributed by atoms with E-state index in [1.807, 2.05) is 59.7 Å². The van der Waals surface area contributed by atoms with Gasteiger partial charge in [-0.2, -0.15) is 16.9 Å². The van der Waals surface area contributed by atoms with Crippen LogP contribution in [0.3, 0.4) is 0 Å². The van der Waals surface area contributed by atoms with Crippen molar-refractivity contribution < 1.29 is 9.21 Å². The highest BCUT2D eigenvalue weighted by Gasteiger charge is 2.10. The number of hydrogen-bond donors (Lipinski definition) is 1. The molecule has 0 aliphatic carbocycles. The Labute approximate surface area is 145 Å². The van der Waals surface area contributed by atoms with Crippen molar-refractivity contribution in [2.45, 2.75) is 12.2 Å². The summed E-state index contributed by atoms with van der Waals surface area (Å²) in [7, 11) is 0. The standard InChI is InChI=1S/C18H19N3O2S/c1-24-13-16-7-8-17(23-16)18(22)19-10-9-14-11-20-21(12-14)15-5-3-2-4-6-15/h2-8,11-12H,9-10,13H2,1H3,(H,19,22). The van der Waals surface area contributed by atoms with Gasteiger partial charge in [0, 0.05) is 12.7 Å². The van der Waals surface area contributed by atoms with Crippen LogP contribution in [-0.4, -0.2) is 28.5 Å². The maximum absolute atomic E-state index is 12.0. The van der Waals surface area contributed by atoms with Crippen molar-refractivity contribution in [3.05, 3.63) is 71.9 Å². The highest BCUT2D eigenvalue weighted by Crippen LogP contribution is 2.13. The largest absolute Gasteiger partial charge is 0.455 e. The Morgan fingerprint density at radius 3 is 2.88 bits per heavy atom. The average Bonchev–Trinajstić information content (AvgIpc) is 3.26. The number of nitrogens with one attached hydrogen (secondary N) is 1. The van der Waals surface area contributed by atoms with Crippen molar-refractivity contribution in [3.63, 3.8) is 0 Å². The zero-order valence-corrected chi connectivity index (χ0v) is 14.3. The molecule has 0 radical (unpaired) electrons. The predicted molar refractivity (Wildman–Crippen MR) is 95.5 cm³/mol. The number of para-hydroxylation sites is 1. The molecule has 1 N–H and O–H groups in total. The molecular weight excluding hydrogens is 322 g/mol. The zero-order valence-electron chi connectivity index (χ0n) is 13.4. The van der Waals surface area contributed by atoms with Crippen LogP contribution in [0, 0.1) is 0 Å². The van der Waals surface area contributed by atoms with Crippen LogP contribution >= 0.6 is 11.8 Å². The Kier molecular flexibility index (Phi) is 5.38. The zero-order chi connectivity index (χ0) is 16.8. The molecule has 6 heteroatoms. The summed E-state index contributed by atoms with van der Waals surface area (Å²) >= 11 is 1.66. The molecule has 1 amide bonds. The number of thioether (sulfide) groups is 1. The van der Waals surface area contributed by atoms with Gasteiger partial charge < -0.3 is 9.73 Å². The second-order valence-corrected chi connectivity index (χ2v) is 6.20. The summed E-state index contributed by atoms with van der Waals surface area (Å²) in [5, 5.41) is 7.22. The third kappa shape index (κ3) is 4.08. The lowest BCUT2D eigenvalue weighted by atomic mass is 10.2. The molecule has 1 aromatic carbocycles. The van der Waals surface area contributed by atoms with Crippen molar-refractivity contribution in [1.82, 2.24) is 15.1 Å². The first-order valence-corrected chi connectivity index (χ1v) is 9.10. The number of amides is 1. The highest BCUT2D eigenvalue weighted by atomic mass is 32.2. The fraction of sp³-hybridized carbons (Fsp3) is 0.222. The molecule has 3 rings (SSSR count). The molecule has 0 unspecified atom stereocenters. The maximum Gasteiger partial charge on any atom is 0.287 e. The third-order valence-electron chi connectivity index (χ3n) is 3.53. The van der Waals surface area contributed by atoms with Crippen LogP contribution in [0.15, 0.2) is 59.3 Å². The normalized spacial score (nSPS) is 10.7. The summed E-state index contributed by atoms with van der Waals surface area (Å²) < 4.78 is 7.33. The summed E-state index contributed by atoms with van der Waals surface area (Å²) in [6, 6.07) is 13.5. The van der Waals surface area contributed by atoms with Crippen LogP contribution in [0.25, 0.3) is 5.69 Å². The van der Waals surface area contributed by atoms with Crippen LogP contribution in [0.2, 0.25) is 0 Å². The number of carbonyl (C=O) groups excluding carboxylic acids is 1. The number of carbonyl (C=O) groups is 1. The molecule has 124 valence electrons. The van der Waals surface area contributed by atoms with E-state index in [1.54, 1.807) is 17.8 Å². The van der Waals surface area contributed by atoms with Gasteiger partial charge in [-0.15, -0.1) is 0 Å². The highest BCUT2D eigenvalue weighted by molar-refractivity contribution is 7.97. The van der Waals surface area contributed by atoms with Gasteiger partial charge in [-0.25, -0.2) is 4.68 Å². The minimum Gasteiger partial charge on any atom is -0.455 e. The van der Waals surface area contributed by atoms with Crippen molar-refractivity contribution in [2.24, 2.45) is 0 Å². The van der Waals surface area contributed by atoms with Gasteiger partial charge in [-0.05, 0) is 42.5 Å². The summed E-state index contributed by atoms with van der Waals surface area (Å²) in [5.74, 6) is 1.76. The lowest BCUT2D eigenvalue weighted by molar-refractivity contribution is 0.0925. The van der Waals surface area contributed by atoms with Gasteiger partial charge in [0.1, 0.15) is 5.76 Å². The average molecular weight is 341 g/mol. The SMILES string of the molecule is CSCc1ccc(C(=O)NCCc2cnn(-c3ccccc3)c2)o1. The van der Waals surface area contributed by atoms with Crippen LogP contribution in [0.1, 0.15) is 21.9 Å². The topological polar surface area (TPSA) is 60.1 Å². The minimum absolute atomic E-state index is 0.183. The van der Waals surface area contributed by atoms with Gasteiger partial charge in [0.2, 0.25) is 0 Å². The summed E-state index contributed by atoms with van der Waals surface area (Å²) in [4.78, 5) is 12.0. The minimum atomic E-state index is -0.183. The molecule has 0 atom stereocenters. The monoisotopic (exact) mass is 341 g/mol. The Morgan fingerprint density at radius 2 is 2.08 bits per heavy atom. The summed E-state index contributed by atoms with van der Waals surface area (Å²) in [5.41, 5.74) is 2.09. The Morgan fingerprint density at radius 1 is 1.25 bits per heavy atom. The van der Waals surface area contributed by atoms with Gasteiger partial charge in [0.15, 0.2) is 5.76 Å². The second-order valence-electron chi connectivity index (χ2n) is 5.33. The molecule has 3 aromatic rings. The van der Waals surface area contributed by atoms with Crippen LogP contribution in [0.5, 0.6) is 0 Å². The molecule has 5 nitrogen and oxygen atoms in total. The number of aromatic nitrogens is 2. The molecule has 2 heterocycles. The Bertz CT molecular complexity index is 795. The van der Waals surface area contributed by atoms with E-state index in [4.69, 9.17) is 4.42 Å². The third-order valence-corrected chi connectivity index (χ3v) is 4.10. The molecule has 2 aromatic heterocycles. The fourth-order valence-electron chi connectivity index (χ4n) is 2.34. The second kappa shape index (κ2) is 7.88. The van der Waals surface area contributed by atoms with Crippen molar-refractivity contribution >= 4 is 17.7 Å². The van der Waals surface area contributed by atoms with Crippen molar-refractivity contribution in [3.8, 4) is 5.69 Å². The van der Waals surface area contributed by atoms with Gasteiger partial charge in [-0.1, -0.05) is 18.2 Å². The van der Waals surface area contributed by atoms with E-state index in [2.05, 4.69) is 10.4 Å². The maximum atomic E-state index is 12.0. The first kappa shape index (κ1) is 16.4. The lowest BCUT2D eigenvalue weighted by Gasteiger charge is -2.02. The van der Waals surface area contributed by atoms with E-state index < -0.39 is 0 Å². The number of furan rings is 1. The van der Waals surface area contributed by atoms with Crippen LogP contribution in [-0.2, 0) is 12.2 Å². The van der Waals surface area contributed by atoms with Gasteiger partial charge in [0.05, 0.1) is 17.6 Å². The molecule has 0 bridgehead atoms. The molecule has 24 heavy (non-hydrogen) atoms. The molecule has 0 fully saturated rings. The first-order chi connectivity index (χ1) is 11.8. The number of benzene rings is 1. The Balaban J connectivity index is 1.51. The number of rotatable bonds is 7. The smallest absolute Gasteiger partial charge is 0.287 e. The lowest BCUT2D eigenvalue weighted by Crippen LogP contribution is -2.25. The predicted octanol–water partition coefficient (Wildman–Crippen LogP) is 3.30. The van der Waals surface area contributed by atoms with Crippen molar-refractivity contribution in [1.29, 1.82) is 0 Å². The van der Waals surface area contributed by atoms with Gasteiger partial charge >= 0.3 is 0 Å². The molecule has 0 aliphatic rings. The summed E-state index contributed by atoms with van der Waals surface area (Å²) in [6.07, 6.45) is 6.52. The van der Waals surface area contributed by atoms with Gasteiger partial charge in [-0.3, -0.25) is 4.79 Å². The quantitative estimate of drug-likeness (QED) is 0.716. The molecular formula is C18H19N3O2S. The van der Waals surface area contributed by atoms with E-state index in [0.717, 1.165) is 29.2 Å². The van der Waals surface area contributed by atoms with E-state index in [0.29, 0.717) is 12.3 Å². The van der Waals surface area contributed by atoms with Crippen LogP contribution in [0.4, 0.5) is 0 Å². The van der Waals surface area contributed by atoms with E-state index in [9.17, 15) is 4.79 Å². The van der Waals surface area contributed by atoms with Gasteiger partial charge in [0.25, 0.3) is 5.91 Å². The van der Waals surface area contributed by atoms with E-state index >= 15 is 0 Å². The van der Waals surface area contributed by atoms with Crippen LogP contribution < -0.4 is 5.32 Å². The summed E-state index contributed by atoms with van der Waals surface area (Å²) in [6.45, 7) is 0.540. The molecule has 0 saturated heterocycles. The van der Waals surface area contributed by atoms with E-state index in [1.165, 1.54) is 0 Å². The molecule has 0 aliphatic heterocycles. The van der Waals surface area contributed by atoms with E-state index in [-0.39, 0.29) is 5.91 Å². The molecule has 0 saturated carbocycles.